The first-order valence-electron chi connectivity index (χ1n) is 10.2. The van der Waals surface area contributed by atoms with E-state index in [-0.39, 0.29) is 30.5 Å². The average Bonchev–Trinajstić information content (AvgIpc) is 3.04. The SMILES string of the molecule is CN1CCc2nc(C(=O)NC3CC(CO)CCC3NC(=O)OC(C)(C)C)sc2C1. The number of ether oxygens (including phenoxy) is 1. The number of likely N-dealkylation sites (N-methyl/N-ethyl adjacent to an activating group) is 1. The number of thiazole rings is 1. The van der Waals surface area contributed by atoms with E-state index in [4.69, 9.17) is 4.74 Å². The van der Waals surface area contributed by atoms with Crippen molar-refractivity contribution in [2.75, 3.05) is 20.2 Å². The highest BCUT2D eigenvalue weighted by atomic mass is 32.1. The molecule has 0 saturated heterocycles. The van der Waals surface area contributed by atoms with E-state index in [1.165, 1.54) is 11.3 Å². The highest BCUT2D eigenvalue weighted by Gasteiger charge is 2.34. The molecule has 1 saturated carbocycles. The van der Waals surface area contributed by atoms with Gasteiger partial charge in [-0.25, -0.2) is 9.78 Å². The number of alkyl carbamates (subject to hydrolysis) is 1. The van der Waals surface area contributed by atoms with Crippen molar-refractivity contribution in [3.63, 3.8) is 0 Å². The molecule has 1 aliphatic carbocycles. The van der Waals surface area contributed by atoms with Gasteiger partial charge < -0.3 is 25.4 Å². The van der Waals surface area contributed by atoms with Crippen molar-refractivity contribution in [1.82, 2.24) is 20.5 Å². The number of aliphatic hydroxyl groups excluding tert-OH is 1. The molecule has 2 heterocycles. The number of carbonyl (C=O) groups is 2. The lowest BCUT2D eigenvalue weighted by molar-refractivity contribution is 0.0454. The first kappa shape index (κ1) is 22.0. The number of fused-ring (bicyclic) bond motifs is 1. The Hall–Kier alpha value is -1.71. The molecule has 0 bridgehead atoms. The Kier molecular flexibility index (Phi) is 6.80. The molecular weight excluding hydrogens is 392 g/mol. The molecular formula is C20H32N4O4S. The number of nitrogens with zero attached hydrogens (tertiary/aromatic N) is 2. The van der Waals surface area contributed by atoms with Gasteiger partial charge in [0.25, 0.3) is 5.91 Å². The molecule has 3 atom stereocenters. The van der Waals surface area contributed by atoms with Gasteiger partial charge >= 0.3 is 6.09 Å². The fourth-order valence-electron chi connectivity index (χ4n) is 3.87. The average molecular weight is 425 g/mol. The van der Waals surface area contributed by atoms with Gasteiger partial charge in [-0.1, -0.05) is 0 Å². The minimum atomic E-state index is -0.585. The molecule has 1 aliphatic heterocycles. The largest absolute Gasteiger partial charge is 0.444 e. The van der Waals surface area contributed by atoms with Gasteiger partial charge in [-0.05, 0) is 53.0 Å². The van der Waals surface area contributed by atoms with Crippen molar-refractivity contribution in [2.45, 2.75) is 70.7 Å². The Labute approximate surface area is 176 Å². The van der Waals surface area contributed by atoms with E-state index in [1.54, 1.807) is 0 Å². The Morgan fingerprint density at radius 2 is 2.03 bits per heavy atom. The third-order valence-electron chi connectivity index (χ3n) is 5.35. The molecule has 2 aliphatic rings. The van der Waals surface area contributed by atoms with Crippen LogP contribution in [0.4, 0.5) is 4.79 Å². The van der Waals surface area contributed by atoms with Crippen LogP contribution >= 0.6 is 11.3 Å². The fraction of sp³-hybridized carbons (Fsp3) is 0.750. The molecule has 29 heavy (non-hydrogen) atoms. The predicted octanol–water partition coefficient (Wildman–Crippen LogP) is 1.92. The number of amides is 2. The number of aromatic nitrogens is 1. The molecule has 0 radical (unpaired) electrons. The van der Waals surface area contributed by atoms with Gasteiger partial charge in [0.2, 0.25) is 0 Å². The summed E-state index contributed by atoms with van der Waals surface area (Å²) in [7, 11) is 2.06. The Morgan fingerprint density at radius 3 is 2.72 bits per heavy atom. The second-order valence-electron chi connectivity index (χ2n) is 9.07. The molecule has 162 valence electrons. The third kappa shape index (κ3) is 5.90. The van der Waals surface area contributed by atoms with Crippen molar-refractivity contribution >= 4 is 23.3 Å². The number of rotatable bonds is 4. The predicted molar refractivity (Wildman–Crippen MR) is 111 cm³/mol. The number of aliphatic hydroxyl groups is 1. The van der Waals surface area contributed by atoms with Crippen LogP contribution in [-0.4, -0.2) is 64.9 Å². The summed E-state index contributed by atoms with van der Waals surface area (Å²) in [5.74, 6) is -0.109. The summed E-state index contributed by atoms with van der Waals surface area (Å²) in [5.41, 5.74) is 0.427. The van der Waals surface area contributed by atoms with E-state index in [0.29, 0.717) is 17.8 Å². The summed E-state index contributed by atoms with van der Waals surface area (Å²) in [4.78, 5) is 33.0. The van der Waals surface area contributed by atoms with Crippen LogP contribution in [0.5, 0.6) is 0 Å². The summed E-state index contributed by atoms with van der Waals surface area (Å²) < 4.78 is 5.37. The summed E-state index contributed by atoms with van der Waals surface area (Å²) in [6.45, 7) is 7.28. The maximum atomic E-state index is 12.9. The summed E-state index contributed by atoms with van der Waals surface area (Å²) >= 11 is 1.44. The molecule has 0 spiro atoms. The maximum absolute atomic E-state index is 12.9. The lowest BCUT2D eigenvalue weighted by Crippen LogP contribution is -2.55. The van der Waals surface area contributed by atoms with Crippen LogP contribution in [0.15, 0.2) is 0 Å². The first-order valence-corrected chi connectivity index (χ1v) is 11.0. The molecule has 3 unspecified atom stereocenters. The van der Waals surface area contributed by atoms with Crippen LogP contribution < -0.4 is 10.6 Å². The van der Waals surface area contributed by atoms with Crippen molar-refractivity contribution in [2.24, 2.45) is 5.92 Å². The molecule has 1 aromatic rings. The molecule has 2 amide bonds. The van der Waals surface area contributed by atoms with E-state index < -0.39 is 11.7 Å². The zero-order valence-corrected chi connectivity index (χ0v) is 18.5. The van der Waals surface area contributed by atoms with Gasteiger partial charge in [0.1, 0.15) is 5.60 Å². The van der Waals surface area contributed by atoms with E-state index in [0.717, 1.165) is 36.5 Å². The van der Waals surface area contributed by atoms with Gasteiger partial charge in [-0.2, -0.15) is 0 Å². The van der Waals surface area contributed by atoms with Crippen LogP contribution in [0.2, 0.25) is 0 Å². The standard InChI is InChI=1S/C20H32N4O4S/c1-20(2,3)28-19(27)23-13-6-5-12(11-25)9-15(13)21-17(26)18-22-14-7-8-24(4)10-16(14)29-18/h12-13,15,25H,5-11H2,1-4H3,(H,21,26)(H,23,27). The van der Waals surface area contributed by atoms with E-state index >= 15 is 0 Å². The smallest absolute Gasteiger partial charge is 0.407 e. The zero-order chi connectivity index (χ0) is 21.2. The normalized spacial score (nSPS) is 25.2. The van der Waals surface area contributed by atoms with Gasteiger partial charge in [0.05, 0.1) is 11.7 Å². The Morgan fingerprint density at radius 1 is 1.28 bits per heavy atom. The molecule has 0 aromatic carbocycles. The van der Waals surface area contributed by atoms with Crippen molar-refractivity contribution < 1.29 is 19.4 Å². The van der Waals surface area contributed by atoms with E-state index in [2.05, 4.69) is 27.6 Å². The van der Waals surface area contributed by atoms with Crippen LogP contribution in [0.25, 0.3) is 0 Å². The maximum Gasteiger partial charge on any atom is 0.407 e. The molecule has 3 N–H and O–H groups in total. The molecule has 9 heteroatoms. The van der Waals surface area contributed by atoms with E-state index in [9.17, 15) is 14.7 Å². The van der Waals surface area contributed by atoms with Crippen molar-refractivity contribution in [3.05, 3.63) is 15.6 Å². The highest BCUT2D eigenvalue weighted by Crippen LogP contribution is 2.27. The van der Waals surface area contributed by atoms with Gasteiger partial charge in [-0.3, -0.25) is 4.79 Å². The van der Waals surface area contributed by atoms with Crippen molar-refractivity contribution in [1.29, 1.82) is 0 Å². The molecule has 3 rings (SSSR count). The third-order valence-corrected chi connectivity index (χ3v) is 6.43. The van der Waals surface area contributed by atoms with Crippen LogP contribution in [0, 0.1) is 5.92 Å². The topological polar surface area (TPSA) is 104 Å². The zero-order valence-electron chi connectivity index (χ0n) is 17.7. The number of carbonyl (C=O) groups excluding carboxylic acids is 2. The van der Waals surface area contributed by atoms with Gasteiger partial charge in [-0.15, -0.1) is 11.3 Å². The number of nitrogens with one attached hydrogen (secondary N) is 2. The Balaban J connectivity index is 1.67. The first-order chi connectivity index (χ1) is 13.6. The van der Waals surface area contributed by atoms with Crippen LogP contribution in [0.3, 0.4) is 0 Å². The van der Waals surface area contributed by atoms with Crippen LogP contribution in [0.1, 0.15) is 60.4 Å². The quantitative estimate of drug-likeness (QED) is 0.682. The second-order valence-corrected chi connectivity index (χ2v) is 10.2. The molecule has 1 fully saturated rings. The minimum absolute atomic E-state index is 0.0728. The molecule has 1 aromatic heterocycles. The van der Waals surface area contributed by atoms with Gasteiger partial charge in [0.15, 0.2) is 5.01 Å². The van der Waals surface area contributed by atoms with E-state index in [1.807, 2.05) is 20.8 Å². The minimum Gasteiger partial charge on any atom is -0.444 e. The summed E-state index contributed by atoms with van der Waals surface area (Å²) in [6, 6.07) is -0.512. The lowest BCUT2D eigenvalue weighted by Gasteiger charge is -2.36. The highest BCUT2D eigenvalue weighted by molar-refractivity contribution is 7.13. The van der Waals surface area contributed by atoms with Crippen LogP contribution in [-0.2, 0) is 17.7 Å². The fourth-order valence-corrected chi connectivity index (χ4v) is 4.96. The summed E-state index contributed by atoms with van der Waals surface area (Å²) in [6.07, 6.45) is 2.44. The number of hydrogen-bond donors (Lipinski definition) is 3. The second kappa shape index (κ2) is 8.97. The molecule has 8 nitrogen and oxygen atoms in total. The summed E-state index contributed by atoms with van der Waals surface area (Å²) in [5, 5.41) is 16.0. The number of hydrogen-bond acceptors (Lipinski definition) is 7. The monoisotopic (exact) mass is 424 g/mol. The lowest BCUT2D eigenvalue weighted by atomic mass is 9.82. The van der Waals surface area contributed by atoms with Crippen molar-refractivity contribution in [3.8, 4) is 0 Å². The Bertz CT molecular complexity index is 745. The van der Waals surface area contributed by atoms with Gasteiger partial charge in [0, 0.05) is 37.0 Å².